The molecule has 20 heavy (non-hydrogen) atoms. The minimum atomic E-state index is 0.895. The molecule has 0 spiro atoms. The SMILES string of the molecule is COc1ccc2cc(Cc3ccccc3OC)sc2c1. The lowest BCUT2D eigenvalue weighted by molar-refractivity contribution is 0.410. The van der Waals surface area contributed by atoms with Crippen LogP contribution in [0.3, 0.4) is 0 Å². The van der Waals surface area contributed by atoms with Crippen molar-refractivity contribution in [1.29, 1.82) is 0 Å². The summed E-state index contributed by atoms with van der Waals surface area (Å²) >= 11 is 1.81. The second kappa shape index (κ2) is 5.55. The van der Waals surface area contributed by atoms with Gasteiger partial charge in [-0.3, -0.25) is 0 Å². The van der Waals surface area contributed by atoms with Crippen molar-refractivity contribution in [3.05, 3.63) is 59.0 Å². The Bertz CT molecular complexity index is 731. The summed E-state index contributed by atoms with van der Waals surface area (Å²) in [7, 11) is 3.42. The molecule has 0 saturated carbocycles. The van der Waals surface area contributed by atoms with E-state index in [9.17, 15) is 0 Å². The summed E-state index contributed by atoms with van der Waals surface area (Å²) < 4.78 is 11.9. The average molecular weight is 284 g/mol. The number of thiophene rings is 1. The van der Waals surface area contributed by atoms with Crippen molar-refractivity contribution < 1.29 is 9.47 Å². The zero-order valence-electron chi connectivity index (χ0n) is 11.6. The van der Waals surface area contributed by atoms with Gasteiger partial charge in [-0.05, 0) is 41.3 Å². The molecule has 0 aliphatic heterocycles. The van der Waals surface area contributed by atoms with Crippen LogP contribution in [0.15, 0.2) is 48.5 Å². The van der Waals surface area contributed by atoms with Crippen LogP contribution < -0.4 is 9.47 Å². The number of methoxy groups -OCH3 is 2. The van der Waals surface area contributed by atoms with Crippen molar-refractivity contribution >= 4 is 21.4 Å². The summed E-state index contributed by atoms with van der Waals surface area (Å²) in [5.74, 6) is 1.85. The second-order valence-electron chi connectivity index (χ2n) is 4.61. The van der Waals surface area contributed by atoms with E-state index < -0.39 is 0 Å². The number of rotatable bonds is 4. The van der Waals surface area contributed by atoms with Crippen LogP contribution in [0, 0.1) is 0 Å². The molecule has 0 saturated heterocycles. The molecule has 0 unspecified atom stereocenters. The van der Waals surface area contributed by atoms with Gasteiger partial charge in [0, 0.05) is 16.0 Å². The van der Waals surface area contributed by atoms with Crippen LogP contribution in [-0.4, -0.2) is 14.2 Å². The van der Waals surface area contributed by atoms with Gasteiger partial charge in [-0.2, -0.15) is 0 Å². The maximum Gasteiger partial charge on any atom is 0.122 e. The number of hydrogen-bond acceptors (Lipinski definition) is 3. The first-order valence-corrected chi connectivity index (χ1v) is 7.30. The highest BCUT2D eigenvalue weighted by molar-refractivity contribution is 7.19. The maximum absolute atomic E-state index is 5.41. The van der Waals surface area contributed by atoms with Gasteiger partial charge in [-0.15, -0.1) is 11.3 Å². The van der Waals surface area contributed by atoms with Crippen molar-refractivity contribution in [3.63, 3.8) is 0 Å². The van der Waals surface area contributed by atoms with Gasteiger partial charge in [0.1, 0.15) is 11.5 Å². The molecule has 0 amide bonds. The molecule has 0 N–H and O–H groups in total. The largest absolute Gasteiger partial charge is 0.497 e. The van der Waals surface area contributed by atoms with Crippen molar-refractivity contribution in [2.45, 2.75) is 6.42 Å². The molecule has 0 aliphatic carbocycles. The normalized spacial score (nSPS) is 10.7. The van der Waals surface area contributed by atoms with Gasteiger partial charge in [0.2, 0.25) is 0 Å². The summed E-state index contributed by atoms with van der Waals surface area (Å²) in [4.78, 5) is 1.33. The molecule has 0 atom stereocenters. The minimum absolute atomic E-state index is 0.895. The molecule has 102 valence electrons. The third-order valence-corrected chi connectivity index (χ3v) is 4.43. The lowest BCUT2D eigenvalue weighted by Gasteiger charge is -2.06. The highest BCUT2D eigenvalue weighted by atomic mass is 32.1. The first-order valence-electron chi connectivity index (χ1n) is 6.48. The third kappa shape index (κ3) is 2.49. The van der Waals surface area contributed by atoms with Crippen molar-refractivity contribution in [1.82, 2.24) is 0 Å². The van der Waals surface area contributed by atoms with Crippen LogP contribution in [0.1, 0.15) is 10.4 Å². The fraction of sp³-hybridized carbons (Fsp3) is 0.176. The molecule has 1 aromatic heterocycles. The van der Waals surface area contributed by atoms with Gasteiger partial charge in [0.25, 0.3) is 0 Å². The van der Waals surface area contributed by atoms with E-state index in [2.05, 4.69) is 24.3 Å². The summed E-state index contributed by atoms with van der Waals surface area (Å²) in [5.41, 5.74) is 1.22. The molecule has 2 aromatic carbocycles. The molecule has 0 fully saturated rings. The zero-order valence-corrected chi connectivity index (χ0v) is 12.4. The van der Waals surface area contributed by atoms with Crippen LogP contribution in [0.5, 0.6) is 11.5 Å². The van der Waals surface area contributed by atoms with Gasteiger partial charge in [0.15, 0.2) is 0 Å². The van der Waals surface area contributed by atoms with Gasteiger partial charge in [0.05, 0.1) is 14.2 Å². The minimum Gasteiger partial charge on any atom is -0.497 e. The molecule has 3 aromatic rings. The second-order valence-corrected chi connectivity index (χ2v) is 5.77. The quantitative estimate of drug-likeness (QED) is 0.702. The highest BCUT2D eigenvalue weighted by Gasteiger charge is 2.07. The Morgan fingerprint density at radius 2 is 1.80 bits per heavy atom. The third-order valence-electron chi connectivity index (χ3n) is 3.34. The summed E-state index contributed by atoms with van der Waals surface area (Å²) in [6, 6.07) is 16.6. The first kappa shape index (κ1) is 13.0. The first-order chi connectivity index (χ1) is 9.80. The van der Waals surface area contributed by atoms with Crippen LogP contribution in [-0.2, 0) is 6.42 Å². The highest BCUT2D eigenvalue weighted by Crippen LogP contribution is 2.31. The van der Waals surface area contributed by atoms with Crippen molar-refractivity contribution in [3.8, 4) is 11.5 Å². The predicted molar refractivity (Wildman–Crippen MR) is 84.2 cm³/mol. The molecule has 2 nitrogen and oxygen atoms in total. The van der Waals surface area contributed by atoms with E-state index in [1.807, 2.05) is 24.3 Å². The van der Waals surface area contributed by atoms with E-state index in [1.165, 1.54) is 20.5 Å². The molecule has 3 rings (SSSR count). The van der Waals surface area contributed by atoms with E-state index in [0.717, 1.165) is 17.9 Å². The molecule has 0 bridgehead atoms. The topological polar surface area (TPSA) is 18.5 Å². The Labute approximate surface area is 122 Å². The molecular formula is C17H16O2S. The van der Waals surface area contributed by atoms with Gasteiger partial charge in [-0.1, -0.05) is 18.2 Å². The van der Waals surface area contributed by atoms with Crippen molar-refractivity contribution in [2.24, 2.45) is 0 Å². The number of fused-ring (bicyclic) bond motifs is 1. The average Bonchev–Trinajstić information content (AvgIpc) is 2.89. The van der Waals surface area contributed by atoms with E-state index >= 15 is 0 Å². The number of hydrogen-bond donors (Lipinski definition) is 0. The number of benzene rings is 2. The van der Waals surface area contributed by atoms with Crippen LogP contribution in [0.25, 0.3) is 10.1 Å². The Balaban J connectivity index is 1.94. The fourth-order valence-electron chi connectivity index (χ4n) is 2.32. The van der Waals surface area contributed by atoms with Crippen LogP contribution >= 0.6 is 11.3 Å². The number of para-hydroxylation sites is 1. The maximum atomic E-state index is 5.41. The van der Waals surface area contributed by atoms with E-state index in [0.29, 0.717) is 0 Å². The Morgan fingerprint density at radius 1 is 0.950 bits per heavy atom. The standard InChI is InChI=1S/C17H16O2S/c1-18-14-8-7-13-10-15(20-17(13)11-14)9-12-5-3-4-6-16(12)19-2/h3-8,10-11H,9H2,1-2H3. The molecule has 0 radical (unpaired) electrons. The van der Waals surface area contributed by atoms with Crippen molar-refractivity contribution in [2.75, 3.05) is 14.2 Å². The van der Waals surface area contributed by atoms with E-state index in [-0.39, 0.29) is 0 Å². The smallest absolute Gasteiger partial charge is 0.122 e. The Morgan fingerprint density at radius 3 is 2.60 bits per heavy atom. The fourth-order valence-corrected chi connectivity index (χ4v) is 3.43. The predicted octanol–water partition coefficient (Wildman–Crippen LogP) is 4.51. The summed E-state index contributed by atoms with van der Waals surface area (Å²) in [6.45, 7) is 0. The number of ether oxygens (including phenoxy) is 2. The summed E-state index contributed by atoms with van der Waals surface area (Å²) in [6.07, 6.45) is 0.895. The van der Waals surface area contributed by atoms with Gasteiger partial charge >= 0.3 is 0 Å². The monoisotopic (exact) mass is 284 g/mol. The van der Waals surface area contributed by atoms with Crippen LogP contribution in [0.2, 0.25) is 0 Å². The van der Waals surface area contributed by atoms with E-state index in [4.69, 9.17) is 9.47 Å². The van der Waals surface area contributed by atoms with Crippen LogP contribution in [0.4, 0.5) is 0 Å². The lowest BCUT2D eigenvalue weighted by Crippen LogP contribution is -1.91. The zero-order chi connectivity index (χ0) is 13.9. The van der Waals surface area contributed by atoms with E-state index in [1.54, 1.807) is 25.6 Å². The summed E-state index contributed by atoms with van der Waals surface area (Å²) in [5, 5.41) is 1.26. The molecule has 3 heteroatoms. The lowest BCUT2D eigenvalue weighted by atomic mass is 10.1. The Kier molecular flexibility index (Phi) is 3.61. The van der Waals surface area contributed by atoms with Gasteiger partial charge < -0.3 is 9.47 Å². The molecular weight excluding hydrogens is 268 g/mol. The molecule has 1 heterocycles. The van der Waals surface area contributed by atoms with Gasteiger partial charge in [-0.25, -0.2) is 0 Å². The molecule has 0 aliphatic rings. The Hall–Kier alpha value is -2.00.